The first-order chi connectivity index (χ1) is 8.92. The Morgan fingerprint density at radius 3 is 2.79 bits per heavy atom. The van der Waals surface area contributed by atoms with Gasteiger partial charge in [0.05, 0.1) is 6.54 Å². The zero-order chi connectivity index (χ0) is 14.3. The summed E-state index contributed by atoms with van der Waals surface area (Å²) in [4.78, 5) is 14.1. The number of ether oxygens (including phenoxy) is 1. The lowest BCUT2D eigenvalue weighted by atomic mass is 10.4. The largest absolute Gasteiger partial charge is 0.411 e. The van der Waals surface area contributed by atoms with E-state index in [0.29, 0.717) is 6.54 Å². The van der Waals surface area contributed by atoms with Crippen molar-refractivity contribution in [2.75, 3.05) is 19.8 Å². The van der Waals surface area contributed by atoms with E-state index in [1.54, 1.807) is 0 Å². The SMILES string of the molecule is C=CCN(Cc1cccs1)C(=O)COCC(F)(F)F. The van der Waals surface area contributed by atoms with Gasteiger partial charge in [-0.3, -0.25) is 4.79 Å². The highest BCUT2D eigenvalue weighted by Crippen LogP contribution is 2.15. The Balaban J connectivity index is 2.46. The molecule has 0 aromatic carbocycles. The summed E-state index contributed by atoms with van der Waals surface area (Å²) in [5.41, 5.74) is 0. The third-order valence-electron chi connectivity index (χ3n) is 2.12. The van der Waals surface area contributed by atoms with Crippen molar-refractivity contribution in [2.45, 2.75) is 12.7 Å². The number of amides is 1. The Kier molecular flexibility index (Phi) is 6.04. The summed E-state index contributed by atoms with van der Waals surface area (Å²) in [5.74, 6) is -0.488. The normalized spacial score (nSPS) is 11.3. The molecule has 1 rings (SSSR count). The molecule has 0 unspecified atom stereocenters. The van der Waals surface area contributed by atoms with Crippen LogP contribution < -0.4 is 0 Å². The van der Waals surface area contributed by atoms with Crippen molar-refractivity contribution in [1.29, 1.82) is 0 Å². The maximum Gasteiger partial charge on any atom is 0.411 e. The summed E-state index contributed by atoms with van der Waals surface area (Å²) in [6.07, 6.45) is -2.90. The van der Waals surface area contributed by atoms with Crippen molar-refractivity contribution in [2.24, 2.45) is 0 Å². The number of carbonyl (C=O) groups excluding carboxylic acids is 1. The lowest BCUT2D eigenvalue weighted by Gasteiger charge is -2.20. The fourth-order valence-corrected chi connectivity index (χ4v) is 2.07. The van der Waals surface area contributed by atoms with Crippen molar-refractivity contribution in [3.8, 4) is 0 Å². The van der Waals surface area contributed by atoms with Gasteiger partial charge in [0.1, 0.15) is 13.2 Å². The van der Waals surface area contributed by atoms with Gasteiger partial charge in [0.15, 0.2) is 0 Å². The number of halogens is 3. The first-order valence-corrected chi connectivity index (χ1v) is 6.36. The minimum Gasteiger partial charge on any atom is -0.362 e. The van der Waals surface area contributed by atoms with E-state index >= 15 is 0 Å². The Hall–Kier alpha value is -1.34. The van der Waals surface area contributed by atoms with Crippen LogP contribution in [0.4, 0.5) is 13.2 Å². The molecule has 1 aromatic heterocycles. The summed E-state index contributed by atoms with van der Waals surface area (Å²) in [5, 5.41) is 1.87. The van der Waals surface area contributed by atoms with Gasteiger partial charge in [-0.2, -0.15) is 13.2 Å². The molecule has 0 saturated carbocycles. The highest BCUT2D eigenvalue weighted by Gasteiger charge is 2.28. The second-order valence-corrected chi connectivity index (χ2v) is 4.78. The van der Waals surface area contributed by atoms with Crippen molar-refractivity contribution in [3.63, 3.8) is 0 Å². The van der Waals surface area contributed by atoms with Crippen LogP contribution in [-0.4, -0.2) is 36.7 Å². The number of alkyl halides is 3. The summed E-state index contributed by atoms with van der Waals surface area (Å²) < 4.78 is 40.0. The van der Waals surface area contributed by atoms with E-state index in [0.717, 1.165) is 4.88 Å². The van der Waals surface area contributed by atoms with Crippen LogP contribution in [0.5, 0.6) is 0 Å². The predicted molar refractivity (Wildman–Crippen MR) is 66.8 cm³/mol. The zero-order valence-corrected chi connectivity index (χ0v) is 11.0. The molecule has 0 atom stereocenters. The number of carbonyl (C=O) groups is 1. The van der Waals surface area contributed by atoms with Gasteiger partial charge in [0.25, 0.3) is 0 Å². The molecule has 106 valence electrons. The molecule has 0 aliphatic heterocycles. The first-order valence-electron chi connectivity index (χ1n) is 5.48. The number of rotatable bonds is 7. The molecule has 0 bridgehead atoms. The van der Waals surface area contributed by atoms with Crippen molar-refractivity contribution < 1.29 is 22.7 Å². The molecule has 0 spiro atoms. The Labute approximate surface area is 113 Å². The molecule has 1 heterocycles. The molecule has 1 amide bonds. The van der Waals surface area contributed by atoms with Gasteiger partial charge in [-0.25, -0.2) is 0 Å². The summed E-state index contributed by atoms with van der Waals surface area (Å²) >= 11 is 1.47. The second-order valence-electron chi connectivity index (χ2n) is 3.75. The predicted octanol–water partition coefficient (Wildman–Crippen LogP) is 2.84. The Bertz CT molecular complexity index is 404. The van der Waals surface area contributed by atoms with Gasteiger partial charge < -0.3 is 9.64 Å². The van der Waals surface area contributed by atoms with E-state index in [-0.39, 0.29) is 6.54 Å². The quantitative estimate of drug-likeness (QED) is 0.724. The summed E-state index contributed by atoms with van der Waals surface area (Å²) in [6.45, 7) is 2.13. The standard InChI is InChI=1S/C12H14F3NO2S/c1-2-5-16(7-10-4-3-6-19-10)11(17)8-18-9-12(13,14)15/h2-4,6H,1,5,7-9H2. The number of nitrogens with zero attached hydrogens (tertiary/aromatic N) is 1. The van der Waals surface area contributed by atoms with Crippen LogP contribution in [0.25, 0.3) is 0 Å². The molecule has 0 saturated heterocycles. The lowest BCUT2D eigenvalue weighted by molar-refractivity contribution is -0.177. The van der Waals surface area contributed by atoms with E-state index in [9.17, 15) is 18.0 Å². The van der Waals surface area contributed by atoms with E-state index in [4.69, 9.17) is 0 Å². The molecule has 0 radical (unpaired) electrons. The number of hydrogen-bond acceptors (Lipinski definition) is 3. The monoisotopic (exact) mass is 293 g/mol. The third kappa shape index (κ3) is 6.40. The molecule has 3 nitrogen and oxygen atoms in total. The highest BCUT2D eigenvalue weighted by molar-refractivity contribution is 7.09. The number of thiophene rings is 1. The van der Waals surface area contributed by atoms with Gasteiger partial charge in [-0.15, -0.1) is 17.9 Å². The maximum absolute atomic E-state index is 11.9. The maximum atomic E-state index is 11.9. The molecule has 1 aromatic rings. The Morgan fingerprint density at radius 2 is 2.26 bits per heavy atom. The van der Waals surface area contributed by atoms with Crippen molar-refractivity contribution >= 4 is 17.2 Å². The molecule has 19 heavy (non-hydrogen) atoms. The van der Waals surface area contributed by atoms with Crippen LogP contribution in [0.15, 0.2) is 30.2 Å². The lowest BCUT2D eigenvalue weighted by Crippen LogP contribution is -2.34. The van der Waals surface area contributed by atoms with Gasteiger partial charge in [0, 0.05) is 11.4 Å². The van der Waals surface area contributed by atoms with Crippen LogP contribution in [0, 0.1) is 0 Å². The van der Waals surface area contributed by atoms with Gasteiger partial charge in [-0.05, 0) is 11.4 Å². The van der Waals surface area contributed by atoms with E-state index in [1.807, 2.05) is 17.5 Å². The number of hydrogen-bond donors (Lipinski definition) is 0. The molecule has 7 heteroatoms. The molecule has 0 fully saturated rings. The van der Waals surface area contributed by atoms with Crippen LogP contribution in [0.1, 0.15) is 4.88 Å². The zero-order valence-electron chi connectivity index (χ0n) is 10.2. The van der Waals surface area contributed by atoms with E-state index in [2.05, 4.69) is 11.3 Å². The Morgan fingerprint density at radius 1 is 1.53 bits per heavy atom. The second kappa shape index (κ2) is 7.30. The highest BCUT2D eigenvalue weighted by atomic mass is 32.1. The minimum absolute atomic E-state index is 0.270. The molecular weight excluding hydrogens is 279 g/mol. The van der Waals surface area contributed by atoms with Crippen LogP contribution in [-0.2, 0) is 16.1 Å². The average molecular weight is 293 g/mol. The molecular formula is C12H14F3NO2S. The molecule has 0 aliphatic carbocycles. The molecule has 0 N–H and O–H groups in total. The fraction of sp³-hybridized carbons (Fsp3) is 0.417. The van der Waals surface area contributed by atoms with Gasteiger partial charge >= 0.3 is 6.18 Å². The summed E-state index contributed by atoms with van der Waals surface area (Å²) in [7, 11) is 0. The third-order valence-corrected chi connectivity index (χ3v) is 2.98. The van der Waals surface area contributed by atoms with Crippen molar-refractivity contribution in [1.82, 2.24) is 4.90 Å². The topological polar surface area (TPSA) is 29.5 Å². The summed E-state index contributed by atoms with van der Waals surface area (Å²) in [6, 6.07) is 3.70. The van der Waals surface area contributed by atoms with Crippen LogP contribution in [0.3, 0.4) is 0 Å². The minimum atomic E-state index is -4.42. The fourth-order valence-electron chi connectivity index (χ4n) is 1.35. The van der Waals surface area contributed by atoms with Crippen molar-refractivity contribution in [3.05, 3.63) is 35.0 Å². The van der Waals surface area contributed by atoms with Gasteiger partial charge in [0.2, 0.25) is 5.91 Å². The average Bonchev–Trinajstić information content (AvgIpc) is 2.79. The van der Waals surface area contributed by atoms with Gasteiger partial charge in [-0.1, -0.05) is 12.1 Å². The smallest absolute Gasteiger partial charge is 0.362 e. The van der Waals surface area contributed by atoms with E-state index < -0.39 is 25.3 Å². The van der Waals surface area contributed by atoms with Crippen LogP contribution >= 0.6 is 11.3 Å². The molecule has 0 aliphatic rings. The van der Waals surface area contributed by atoms with E-state index in [1.165, 1.54) is 22.3 Å². The van der Waals surface area contributed by atoms with Crippen LogP contribution in [0.2, 0.25) is 0 Å². The first kappa shape index (κ1) is 15.7.